The fourth-order valence-electron chi connectivity index (χ4n) is 1.60. The molecule has 16 heavy (non-hydrogen) atoms. The fourth-order valence-corrected chi connectivity index (χ4v) is 1.60. The van der Waals surface area contributed by atoms with Gasteiger partial charge in [0.15, 0.2) is 0 Å². The van der Waals surface area contributed by atoms with Gasteiger partial charge in [-0.15, -0.1) is 0 Å². The van der Waals surface area contributed by atoms with Crippen molar-refractivity contribution in [1.82, 2.24) is 15.3 Å². The summed E-state index contributed by atoms with van der Waals surface area (Å²) < 4.78 is 5.10. The lowest BCUT2D eigenvalue weighted by Gasteiger charge is -2.16. The van der Waals surface area contributed by atoms with Crippen molar-refractivity contribution < 1.29 is 4.74 Å². The lowest BCUT2D eigenvalue weighted by Crippen LogP contribution is -2.18. The zero-order valence-electron chi connectivity index (χ0n) is 10.5. The molecule has 1 rings (SSSR count). The smallest absolute Gasteiger partial charge is 0.216 e. The van der Waals surface area contributed by atoms with Crippen molar-refractivity contribution in [2.45, 2.75) is 32.7 Å². The third-order valence-electron chi connectivity index (χ3n) is 2.61. The maximum atomic E-state index is 5.10. The minimum atomic E-state index is 0.277. The van der Waals surface area contributed by atoms with Crippen LogP contribution in [0, 0.1) is 5.92 Å². The van der Waals surface area contributed by atoms with Crippen LogP contribution in [-0.2, 0) is 0 Å². The number of ether oxygens (including phenoxy) is 1. The molecule has 1 unspecified atom stereocenters. The molecule has 0 saturated heterocycles. The molecule has 1 N–H and O–H groups in total. The molecule has 4 heteroatoms. The molecule has 90 valence electrons. The Bertz CT molecular complexity index is 315. The molecule has 0 radical (unpaired) electrons. The summed E-state index contributed by atoms with van der Waals surface area (Å²) in [5.41, 5.74) is 0.995. The molecule has 0 aliphatic heterocycles. The van der Waals surface area contributed by atoms with Gasteiger partial charge < -0.3 is 10.1 Å². The van der Waals surface area contributed by atoms with Gasteiger partial charge in [0.1, 0.15) is 6.33 Å². The molecular weight excluding hydrogens is 202 g/mol. The van der Waals surface area contributed by atoms with Crippen molar-refractivity contribution in [3.05, 3.63) is 18.1 Å². The number of hydrogen-bond acceptors (Lipinski definition) is 4. The van der Waals surface area contributed by atoms with Gasteiger partial charge in [-0.2, -0.15) is 0 Å². The molecular formula is C12H21N3O. The number of nitrogens with zero attached hydrogens (tertiary/aromatic N) is 2. The minimum Gasteiger partial charge on any atom is -0.481 e. The Morgan fingerprint density at radius 2 is 2.06 bits per heavy atom. The van der Waals surface area contributed by atoms with Crippen LogP contribution in [0.3, 0.4) is 0 Å². The third-order valence-corrected chi connectivity index (χ3v) is 2.61. The summed E-state index contributed by atoms with van der Waals surface area (Å²) in [4.78, 5) is 8.29. The van der Waals surface area contributed by atoms with Crippen LogP contribution in [0.1, 0.15) is 38.4 Å². The van der Waals surface area contributed by atoms with Crippen LogP contribution in [-0.4, -0.2) is 24.1 Å². The van der Waals surface area contributed by atoms with Crippen LogP contribution >= 0.6 is 0 Å². The first-order chi connectivity index (χ1) is 7.67. The summed E-state index contributed by atoms with van der Waals surface area (Å²) >= 11 is 0. The number of rotatable bonds is 6. The Labute approximate surface area is 97.5 Å². The lowest BCUT2D eigenvalue weighted by molar-refractivity contribution is 0.392. The minimum absolute atomic E-state index is 0.277. The zero-order valence-corrected chi connectivity index (χ0v) is 10.5. The second-order valence-electron chi connectivity index (χ2n) is 4.30. The highest BCUT2D eigenvalue weighted by molar-refractivity contribution is 5.16. The highest BCUT2D eigenvalue weighted by Gasteiger charge is 2.12. The van der Waals surface area contributed by atoms with Crippen LogP contribution in [0.5, 0.6) is 5.88 Å². The molecule has 0 amide bonds. The van der Waals surface area contributed by atoms with Crippen LogP contribution in [0.25, 0.3) is 0 Å². The monoisotopic (exact) mass is 223 g/mol. The maximum Gasteiger partial charge on any atom is 0.216 e. The van der Waals surface area contributed by atoms with Gasteiger partial charge in [0.25, 0.3) is 0 Å². The number of methoxy groups -OCH3 is 1. The Morgan fingerprint density at radius 3 is 2.62 bits per heavy atom. The summed E-state index contributed by atoms with van der Waals surface area (Å²) in [6.45, 7) is 4.46. The Morgan fingerprint density at radius 1 is 1.31 bits per heavy atom. The molecule has 0 bridgehead atoms. The van der Waals surface area contributed by atoms with Gasteiger partial charge in [-0.3, -0.25) is 0 Å². The summed E-state index contributed by atoms with van der Waals surface area (Å²) in [6, 6.07) is 2.17. The Hall–Kier alpha value is -1.16. The number of nitrogens with one attached hydrogen (secondary N) is 1. The Kier molecular flexibility index (Phi) is 5.19. The van der Waals surface area contributed by atoms with Crippen LogP contribution in [0.2, 0.25) is 0 Å². The van der Waals surface area contributed by atoms with Crippen molar-refractivity contribution in [2.24, 2.45) is 5.92 Å². The third kappa shape index (κ3) is 3.77. The van der Waals surface area contributed by atoms with Crippen molar-refractivity contribution >= 4 is 0 Å². The SMILES string of the molecule is CNC(CCC(C)C)c1cc(OC)ncn1. The summed E-state index contributed by atoms with van der Waals surface area (Å²) in [5, 5.41) is 3.28. The number of aromatic nitrogens is 2. The highest BCUT2D eigenvalue weighted by Crippen LogP contribution is 2.20. The predicted molar refractivity (Wildman–Crippen MR) is 64.5 cm³/mol. The van der Waals surface area contributed by atoms with Crippen LogP contribution in [0.4, 0.5) is 0 Å². The van der Waals surface area contributed by atoms with E-state index in [1.807, 2.05) is 13.1 Å². The van der Waals surface area contributed by atoms with Gasteiger partial charge in [-0.1, -0.05) is 13.8 Å². The van der Waals surface area contributed by atoms with Crippen molar-refractivity contribution in [2.75, 3.05) is 14.2 Å². The van der Waals surface area contributed by atoms with Gasteiger partial charge in [0, 0.05) is 12.1 Å². The highest BCUT2D eigenvalue weighted by atomic mass is 16.5. The average molecular weight is 223 g/mol. The van der Waals surface area contributed by atoms with Crippen LogP contribution < -0.4 is 10.1 Å². The first kappa shape index (κ1) is 12.9. The summed E-state index contributed by atoms with van der Waals surface area (Å²) in [7, 11) is 3.58. The van der Waals surface area contributed by atoms with E-state index in [2.05, 4.69) is 29.1 Å². The molecule has 0 aliphatic rings. The normalized spacial score (nSPS) is 12.8. The van der Waals surface area contributed by atoms with Crippen LogP contribution in [0.15, 0.2) is 12.4 Å². The zero-order chi connectivity index (χ0) is 12.0. The largest absolute Gasteiger partial charge is 0.481 e. The predicted octanol–water partition coefficient (Wildman–Crippen LogP) is 2.18. The van der Waals surface area contributed by atoms with E-state index in [0.29, 0.717) is 11.8 Å². The van der Waals surface area contributed by atoms with E-state index in [1.54, 1.807) is 13.4 Å². The van der Waals surface area contributed by atoms with E-state index in [0.717, 1.165) is 12.1 Å². The summed E-state index contributed by atoms with van der Waals surface area (Å²) in [5.74, 6) is 1.33. The van der Waals surface area contributed by atoms with E-state index in [9.17, 15) is 0 Å². The number of hydrogen-bond donors (Lipinski definition) is 1. The molecule has 0 aliphatic carbocycles. The van der Waals surface area contributed by atoms with Gasteiger partial charge >= 0.3 is 0 Å². The van der Waals surface area contributed by atoms with Crippen molar-refractivity contribution in [3.63, 3.8) is 0 Å². The molecule has 4 nitrogen and oxygen atoms in total. The first-order valence-corrected chi connectivity index (χ1v) is 5.70. The van der Waals surface area contributed by atoms with E-state index < -0.39 is 0 Å². The molecule has 0 spiro atoms. The van der Waals surface area contributed by atoms with Crippen molar-refractivity contribution in [1.29, 1.82) is 0 Å². The standard InChI is InChI=1S/C12H21N3O/c1-9(2)5-6-10(13-3)11-7-12(16-4)15-8-14-11/h7-10,13H,5-6H2,1-4H3. The van der Waals surface area contributed by atoms with E-state index in [-0.39, 0.29) is 6.04 Å². The molecule has 1 aromatic heterocycles. The molecule has 1 aromatic rings. The second-order valence-corrected chi connectivity index (χ2v) is 4.30. The first-order valence-electron chi connectivity index (χ1n) is 5.70. The van der Waals surface area contributed by atoms with Gasteiger partial charge in [-0.05, 0) is 25.8 Å². The molecule has 0 fully saturated rings. The molecule has 1 atom stereocenters. The molecule has 0 saturated carbocycles. The quantitative estimate of drug-likeness (QED) is 0.803. The van der Waals surface area contributed by atoms with Gasteiger partial charge in [-0.25, -0.2) is 9.97 Å². The van der Waals surface area contributed by atoms with Gasteiger partial charge in [0.05, 0.1) is 12.8 Å². The molecule has 0 aromatic carbocycles. The molecule has 1 heterocycles. The fraction of sp³-hybridized carbons (Fsp3) is 0.667. The maximum absolute atomic E-state index is 5.10. The average Bonchev–Trinajstić information content (AvgIpc) is 2.30. The van der Waals surface area contributed by atoms with Gasteiger partial charge in [0.2, 0.25) is 5.88 Å². The second kappa shape index (κ2) is 6.43. The van der Waals surface area contributed by atoms with Crippen molar-refractivity contribution in [3.8, 4) is 5.88 Å². The van der Waals surface area contributed by atoms with E-state index in [4.69, 9.17) is 4.74 Å². The summed E-state index contributed by atoms with van der Waals surface area (Å²) in [6.07, 6.45) is 3.81. The van der Waals surface area contributed by atoms with E-state index in [1.165, 1.54) is 6.42 Å². The lowest BCUT2D eigenvalue weighted by atomic mass is 10.0. The topological polar surface area (TPSA) is 47.0 Å². The Balaban J connectivity index is 2.70. The van der Waals surface area contributed by atoms with E-state index >= 15 is 0 Å².